The van der Waals surface area contributed by atoms with E-state index in [-0.39, 0.29) is 0 Å². The lowest BCUT2D eigenvalue weighted by atomic mass is 10.1. The molecule has 0 fully saturated rings. The van der Waals surface area contributed by atoms with Gasteiger partial charge in [-0.25, -0.2) is 0 Å². The van der Waals surface area contributed by atoms with Gasteiger partial charge in [0.2, 0.25) is 5.91 Å². The highest BCUT2D eigenvalue weighted by atomic mass is 16.1. The number of guanidine groups is 1. The summed E-state index contributed by atoms with van der Waals surface area (Å²) in [6.07, 6.45) is 3.57. The molecule has 0 saturated carbocycles. The number of carbonyl (C=O) groups is 1. The second-order valence-corrected chi connectivity index (χ2v) is 4.62. The molecule has 5 nitrogen and oxygen atoms in total. The van der Waals surface area contributed by atoms with Gasteiger partial charge in [0.05, 0.1) is 0 Å². The summed E-state index contributed by atoms with van der Waals surface area (Å²) in [5.74, 6) is 0.387. The first-order valence-corrected chi connectivity index (χ1v) is 7.00. The van der Waals surface area contributed by atoms with Crippen LogP contribution in [-0.4, -0.2) is 25.5 Å². The first-order chi connectivity index (χ1) is 9.67. The van der Waals surface area contributed by atoms with Gasteiger partial charge in [0.25, 0.3) is 0 Å². The summed E-state index contributed by atoms with van der Waals surface area (Å²) in [5.41, 5.74) is 6.80. The molecule has 0 aliphatic carbocycles. The zero-order valence-corrected chi connectivity index (χ0v) is 12.3. The summed E-state index contributed by atoms with van der Waals surface area (Å²) in [6, 6.07) is 7.24. The van der Waals surface area contributed by atoms with E-state index < -0.39 is 5.91 Å². The van der Waals surface area contributed by atoms with E-state index in [0.29, 0.717) is 12.1 Å². The minimum Gasteiger partial charge on any atom is -0.366 e. The normalized spacial score (nSPS) is 11.2. The number of hydrogen-bond donors (Lipinski definition) is 3. The maximum Gasteiger partial charge on any atom is 0.248 e. The molecule has 0 spiro atoms. The number of amides is 1. The van der Waals surface area contributed by atoms with Crippen LogP contribution in [0.25, 0.3) is 0 Å². The predicted octanol–water partition coefficient (Wildman–Crippen LogP) is 1.64. The summed E-state index contributed by atoms with van der Waals surface area (Å²) in [6.45, 7) is 3.77. The smallest absolute Gasteiger partial charge is 0.248 e. The molecule has 0 atom stereocenters. The molecule has 1 aromatic rings. The van der Waals surface area contributed by atoms with E-state index in [2.05, 4.69) is 22.5 Å². The van der Waals surface area contributed by atoms with Crippen molar-refractivity contribution in [2.75, 3.05) is 13.6 Å². The van der Waals surface area contributed by atoms with Crippen molar-refractivity contribution in [1.82, 2.24) is 10.6 Å². The van der Waals surface area contributed by atoms with Crippen molar-refractivity contribution < 1.29 is 4.79 Å². The van der Waals surface area contributed by atoms with E-state index in [1.807, 2.05) is 12.1 Å². The zero-order valence-electron chi connectivity index (χ0n) is 12.3. The Balaban J connectivity index is 2.38. The molecule has 0 bridgehead atoms. The number of rotatable bonds is 7. The van der Waals surface area contributed by atoms with E-state index in [9.17, 15) is 4.79 Å². The van der Waals surface area contributed by atoms with Crippen LogP contribution in [0.5, 0.6) is 0 Å². The number of nitrogens with one attached hydrogen (secondary N) is 2. The second-order valence-electron chi connectivity index (χ2n) is 4.62. The maximum absolute atomic E-state index is 11.0. The Labute approximate surface area is 120 Å². The average Bonchev–Trinajstić information content (AvgIpc) is 2.47. The molecule has 1 rings (SSSR count). The standard InChI is InChI=1S/C15H24N4O/c1-3-4-5-10-18-15(17-2)19-11-12-6-8-13(9-7-12)14(16)20/h6-9H,3-5,10-11H2,1-2H3,(H2,16,20)(H2,17,18,19). The van der Waals surface area contributed by atoms with Gasteiger partial charge in [-0.2, -0.15) is 0 Å². The van der Waals surface area contributed by atoms with Crippen LogP contribution in [0.15, 0.2) is 29.3 Å². The fraction of sp³-hybridized carbons (Fsp3) is 0.467. The van der Waals surface area contributed by atoms with Crippen molar-refractivity contribution >= 4 is 11.9 Å². The molecule has 0 saturated heterocycles. The third-order valence-electron chi connectivity index (χ3n) is 2.99. The van der Waals surface area contributed by atoms with Crippen LogP contribution in [0.2, 0.25) is 0 Å². The van der Waals surface area contributed by atoms with Gasteiger partial charge in [0, 0.05) is 25.7 Å². The van der Waals surface area contributed by atoms with Crippen LogP contribution in [0.1, 0.15) is 42.1 Å². The lowest BCUT2D eigenvalue weighted by Crippen LogP contribution is -2.37. The largest absolute Gasteiger partial charge is 0.366 e. The van der Waals surface area contributed by atoms with Gasteiger partial charge in [-0.1, -0.05) is 31.9 Å². The Morgan fingerprint density at radius 1 is 1.20 bits per heavy atom. The Morgan fingerprint density at radius 3 is 2.45 bits per heavy atom. The van der Waals surface area contributed by atoms with E-state index in [1.54, 1.807) is 19.2 Å². The van der Waals surface area contributed by atoms with Gasteiger partial charge in [-0.05, 0) is 24.1 Å². The second kappa shape index (κ2) is 8.96. The molecule has 0 aliphatic heterocycles. The monoisotopic (exact) mass is 276 g/mol. The lowest BCUT2D eigenvalue weighted by Gasteiger charge is -2.11. The predicted molar refractivity (Wildman–Crippen MR) is 82.7 cm³/mol. The molecular formula is C15H24N4O. The topological polar surface area (TPSA) is 79.5 Å². The third-order valence-corrected chi connectivity index (χ3v) is 2.99. The summed E-state index contributed by atoms with van der Waals surface area (Å²) in [5, 5.41) is 6.50. The number of unbranched alkanes of at least 4 members (excludes halogenated alkanes) is 2. The molecule has 5 heteroatoms. The summed E-state index contributed by atoms with van der Waals surface area (Å²) < 4.78 is 0. The van der Waals surface area contributed by atoms with Crippen LogP contribution in [0.4, 0.5) is 0 Å². The van der Waals surface area contributed by atoms with Gasteiger partial charge in [-0.15, -0.1) is 0 Å². The van der Waals surface area contributed by atoms with Gasteiger partial charge < -0.3 is 16.4 Å². The van der Waals surface area contributed by atoms with Crippen molar-refractivity contribution in [2.45, 2.75) is 32.7 Å². The zero-order chi connectivity index (χ0) is 14.8. The highest BCUT2D eigenvalue weighted by molar-refractivity contribution is 5.92. The number of primary amides is 1. The summed E-state index contributed by atoms with van der Waals surface area (Å²) in [4.78, 5) is 15.1. The van der Waals surface area contributed by atoms with Crippen LogP contribution in [-0.2, 0) is 6.54 Å². The lowest BCUT2D eigenvalue weighted by molar-refractivity contribution is 0.100. The van der Waals surface area contributed by atoms with E-state index >= 15 is 0 Å². The van der Waals surface area contributed by atoms with Gasteiger partial charge in [-0.3, -0.25) is 9.79 Å². The van der Waals surface area contributed by atoms with Crippen molar-refractivity contribution in [3.05, 3.63) is 35.4 Å². The molecule has 110 valence electrons. The SMILES string of the molecule is CCCCCNC(=NC)NCc1ccc(C(N)=O)cc1. The van der Waals surface area contributed by atoms with Gasteiger partial charge in [0.15, 0.2) is 5.96 Å². The molecular weight excluding hydrogens is 252 g/mol. The molecule has 0 unspecified atom stereocenters. The first kappa shape index (κ1) is 16.0. The molecule has 20 heavy (non-hydrogen) atoms. The molecule has 1 amide bonds. The van der Waals surface area contributed by atoms with Gasteiger partial charge in [0.1, 0.15) is 0 Å². The molecule has 0 aliphatic rings. The Bertz CT molecular complexity index is 440. The Kier molecular flexibility index (Phi) is 7.17. The fourth-order valence-electron chi connectivity index (χ4n) is 1.78. The Hall–Kier alpha value is -2.04. The van der Waals surface area contributed by atoms with Crippen LogP contribution >= 0.6 is 0 Å². The maximum atomic E-state index is 11.0. The van der Waals surface area contributed by atoms with Crippen molar-refractivity contribution in [2.24, 2.45) is 10.7 Å². The van der Waals surface area contributed by atoms with E-state index in [4.69, 9.17) is 5.73 Å². The molecule has 4 N–H and O–H groups in total. The minimum atomic E-state index is -0.405. The number of carbonyl (C=O) groups excluding carboxylic acids is 1. The first-order valence-electron chi connectivity index (χ1n) is 7.00. The van der Waals surface area contributed by atoms with Crippen LogP contribution < -0.4 is 16.4 Å². The molecule has 1 aromatic carbocycles. The van der Waals surface area contributed by atoms with Crippen molar-refractivity contribution in [3.63, 3.8) is 0 Å². The highest BCUT2D eigenvalue weighted by Gasteiger charge is 2.01. The van der Waals surface area contributed by atoms with E-state index in [1.165, 1.54) is 12.8 Å². The Morgan fingerprint density at radius 2 is 1.90 bits per heavy atom. The van der Waals surface area contributed by atoms with Crippen molar-refractivity contribution in [3.8, 4) is 0 Å². The van der Waals surface area contributed by atoms with Gasteiger partial charge >= 0.3 is 0 Å². The number of benzene rings is 1. The number of nitrogens with zero attached hydrogens (tertiary/aromatic N) is 1. The summed E-state index contributed by atoms with van der Waals surface area (Å²) in [7, 11) is 1.76. The fourth-order valence-corrected chi connectivity index (χ4v) is 1.78. The third kappa shape index (κ3) is 5.73. The van der Waals surface area contributed by atoms with Crippen LogP contribution in [0.3, 0.4) is 0 Å². The van der Waals surface area contributed by atoms with Crippen LogP contribution in [0, 0.1) is 0 Å². The quantitative estimate of drug-likeness (QED) is 0.402. The molecule has 0 radical (unpaired) electrons. The van der Waals surface area contributed by atoms with E-state index in [0.717, 1.165) is 24.5 Å². The highest BCUT2D eigenvalue weighted by Crippen LogP contribution is 2.03. The number of hydrogen-bond acceptors (Lipinski definition) is 2. The average molecular weight is 276 g/mol. The molecule has 0 aromatic heterocycles. The molecule has 0 heterocycles. The summed E-state index contributed by atoms with van der Waals surface area (Å²) >= 11 is 0. The van der Waals surface area contributed by atoms with Crippen molar-refractivity contribution in [1.29, 1.82) is 0 Å². The number of nitrogens with two attached hydrogens (primary N) is 1. The number of aliphatic imine (C=N–C) groups is 1. The minimum absolute atomic E-state index is 0.405.